The number of aliphatic hydroxyl groups is 1. The zero-order valence-electron chi connectivity index (χ0n) is 10.3. The second-order valence-electron chi connectivity index (χ2n) is 3.82. The number of aliphatic hydroxyl groups excluding tert-OH is 1. The normalized spacial score (nSPS) is 13.9. The fourth-order valence-electron chi connectivity index (χ4n) is 1.27. The van der Waals surface area contributed by atoms with Gasteiger partial charge in [-0.1, -0.05) is 19.8 Å². The minimum atomic E-state index is -1.11. The molecule has 0 saturated heterocycles. The number of rotatable bonds is 8. The summed E-state index contributed by atoms with van der Waals surface area (Å²) in [6.45, 7) is 3.35. The lowest BCUT2D eigenvalue weighted by molar-refractivity contribution is -0.171. The van der Waals surface area contributed by atoms with Crippen molar-refractivity contribution in [2.24, 2.45) is 0 Å². The molecule has 0 aliphatic heterocycles. The minimum Gasteiger partial charge on any atom is -0.434 e. The van der Waals surface area contributed by atoms with Crippen molar-refractivity contribution < 1.29 is 19.4 Å². The summed E-state index contributed by atoms with van der Waals surface area (Å²) >= 11 is 3.94. The van der Waals surface area contributed by atoms with Gasteiger partial charge >= 0.3 is 5.97 Å². The van der Waals surface area contributed by atoms with Crippen molar-refractivity contribution in [3.8, 4) is 0 Å². The topological polar surface area (TPSA) is 75.6 Å². The number of thiol groups is 1. The summed E-state index contributed by atoms with van der Waals surface area (Å²) in [5.74, 6) is -0.847. The molecule has 100 valence electrons. The predicted octanol–water partition coefficient (Wildman–Crippen LogP) is 0.863. The maximum Gasteiger partial charge on any atom is 0.331 e. The van der Waals surface area contributed by atoms with Gasteiger partial charge in [0.15, 0.2) is 0 Å². The van der Waals surface area contributed by atoms with Crippen LogP contribution in [-0.4, -0.2) is 35.1 Å². The van der Waals surface area contributed by atoms with Crippen LogP contribution in [0.5, 0.6) is 0 Å². The molecule has 0 bridgehead atoms. The van der Waals surface area contributed by atoms with Crippen LogP contribution in [0.15, 0.2) is 0 Å². The van der Waals surface area contributed by atoms with Crippen molar-refractivity contribution in [1.29, 1.82) is 0 Å². The molecule has 0 saturated carbocycles. The summed E-state index contributed by atoms with van der Waals surface area (Å²) in [6.07, 6.45) is 2.13. The standard InChI is InChI=1S/C11H21NO4S/c1-3-4-5-6-10(14)16-11(15)9(7-17)12-8(2)13/h9-10,14,17H,3-7H2,1-2H3,(H,12,13)/t9-,10?/m0/s1. The maximum atomic E-state index is 11.5. The molecule has 1 unspecified atom stereocenters. The Morgan fingerprint density at radius 3 is 2.53 bits per heavy atom. The molecule has 2 atom stereocenters. The summed E-state index contributed by atoms with van der Waals surface area (Å²) in [5, 5.41) is 11.8. The van der Waals surface area contributed by atoms with Crippen LogP contribution in [0.1, 0.15) is 39.5 Å². The fourth-order valence-corrected chi connectivity index (χ4v) is 1.51. The van der Waals surface area contributed by atoms with Gasteiger partial charge in [0.25, 0.3) is 0 Å². The monoisotopic (exact) mass is 263 g/mol. The van der Waals surface area contributed by atoms with Gasteiger partial charge < -0.3 is 15.2 Å². The highest BCUT2D eigenvalue weighted by molar-refractivity contribution is 7.80. The smallest absolute Gasteiger partial charge is 0.331 e. The number of amides is 1. The summed E-state index contributed by atoms with van der Waals surface area (Å²) < 4.78 is 4.80. The van der Waals surface area contributed by atoms with Crippen molar-refractivity contribution in [3.05, 3.63) is 0 Å². The first kappa shape index (κ1) is 16.2. The highest BCUT2D eigenvalue weighted by Gasteiger charge is 2.21. The largest absolute Gasteiger partial charge is 0.434 e. The van der Waals surface area contributed by atoms with Crippen LogP contribution in [0, 0.1) is 0 Å². The van der Waals surface area contributed by atoms with E-state index in [1.165, 1.54) is 6.92 Å². The van der Waals surface area contributed by atoms with Crippen molar-refractivity contribution in [2.75, 3.05) is 5.75 Å². The van der Waals surface area contributed by atoms with E-state index in [4.69, 9.17) is 4.74 Å². The van der Waals surface area contributed by atoms with Crippen molar-refractivity contribution in [3.63, 3.8) is 0 Å². The quantitative estimate of drug-likeness (QED) is 0.263. The Kier molecular flexibility index (Phi) is 8.89. The average Bonchev–Trinajstić information content (AvgIpc) is 2.25. The predicted molar refractivity (Wildman–Crippen MR) is 67.7 cm³/mol. The molecule has 0 aliphatic carbocycles. The lowest BCUT2D eigenvalue weighted by Crippen LogP contribution is -2.43. The van der Waals surface area contributed by atoms with Gasteiger partial charge in [-0.3, -0.25) is 4.79 Å². The molecule has 0 aromatic carbocycles. The third-order valence-corrected chi connectivity index (χ3v) is 2.52. The Labute approximate surface area is 107 Å². The molecule has 2 N–H and O–H groups in total. The van der Waals surface area contributed by atoms with Crippen molar-refractivity contribution >= 4 is 24.5 Å². The van der Waals surface area contributed by atoms with E-state index in [0.29, 0.717) is 6.42 Å². The van der Waals surface area contributed by atoms with Crippen LogP contribution in [0.25, 0.3) is 0 Å². The number of carbonyl (C=O) groups excluding carboxylic acids is 2. The van der Waals surface area contributed by atoms with Gasteiger partial charge in [-0.05, 0) is 6.42 Å². The Morgan fingerprint density at radius 1 is 1.41 bits per heavy atom. The molecule has 0 rings (SSSR count). The first-order valence-corrected chi connectivity index (χ1v) is 6.41. The first-order chi connectivity index (χ1) is 8.01. The Bertz CT molecular complexity index is 248. The third kappa shape index (κ3) is 8.04. The molecule has 0 spiro atoms. The van der Waals surface area contributed by atoms with Gasteiger partial charge in [0.2, 0.25) is 12.2 Å². The zero-order valence-corrected chi connectivity index (χ0v) is 11.2. The van der Waals surface area contributed by atoms with Gasteiger partial charge in [-0.2, -0.15) is 12.6 Å². The molecule has 0 aliphatic rings. The SMILES string of the molecule is CCCCCC(O)OC(=O)[C@H](CS)NC(C)=O. The minimum absolute atomic E-state index is 0.139. The number of unbranched alkanes of at least 4 members (excludes halogenated alkanes) is 2. The Balaban J connectivity index is 3.99. The molecule has 0 fully saturated rings. The molecule has 0 radical (unpaired) electrons. The third-order valence-electron chi connectivity index (χ3n) is 2.15. The van der Waals surface area contributed by atoms with E-state index in [1.54, 1.807) is 0 Å². The maximum absolute atomic E-state index is 11.5. The van der Waals surface area contributed by atoms with Gasteiger partial charge in [-0.15, -0.1) is 0 Å². The van der Waals surface area contributed by atoms with Crippen LogP contribution in [0.3, 0.4) is 0 Å². The summed E-state index contributed by atoms with van der Waals surface area (Å²) in [7, 11) is 0. The van der Waals surface area contributed by atoms with E-state index in [-0.39, 0.29) is 11.7 Å². The van der Waals surface area contributed by atoms with E-state index in [0.717, 1.165) is 19.3 Å². The summed E-state index contributed by atoms with van der Waals surface area (Å²) in [6, 6.07) is -0.809. The lowest BCUT2D eigenvalue weighted by atomic mass is 10.2. The lowest BCUT2D eigenvalue weighted by Gasteiger charge is -2.17. The molecular formula is C11H21NO4S. The second-order valence-corrected chi connectivity index (χ2v) is 4.19. The molecule has 0 heterocycles. The van der Waals surface area contributed by atoms with E-state index < -0.39 is 18.3 Å². The number of hydrogen-bond acceptors (Lipinski definition) is 5. The summed E-state index contributed by atoms with van der Waals surface area (Å²) in [5.41, 5.74) is 0. The van der Waals surface area contributed by atoms with Crippen LogP contribution in [0.4, 0.5) is 0 Å². The molecule has 5 nitrogen and oxygen atoms in total. The number of hydrogen-bond donors (Lipinski definition) is 3. The highest BCUT2D eigenvalue weighted by Crippen LogP contribution is 2.06. The van der Waals surface area contributed by atoms with Crippen molar-refractivity contribution in [2.45, 2.75) is 51.9 Å². The average molecular weight is 263 g/mol. The van der Waals surface area contributed by atoms with Crippen LogP contribution in [0.2, 0.25) is 0 Å². The fraction of sp³-hybridized carbons (Fsp3) is 0.818. The van der Waals surface area contributed by atoms with Gasteiger partial charge in [0.05, 0.1) is 0 Å². The van der Waals surface area contributed by atoms with Gasteiger partial charge in [0, 0.05) is 19.1 Å². The van der Waals surface area contributed by atoms with E-state index >= 15 is 0 Å². The highest BCUT2D eigenvalue weighted by atomic mass is 32.1. The van der Waals surface area contributed by atoms with Gasteiger partial charge in [0.1, 0.15) is 6.04 Å². The number of esters is 1. The Hall–Kier alpha value is -0.750. The molecule has 0 aromatic heterocycles. The zero-order chi connectivity index (χ0) is 13.3. The summed E-state index contributed by atoms with van der Waals surface area (Å²) in [4.78, 5) is 22.3. The molecule has 1 amide bonds. The molecule has 6 heteroatoms. The van der Waals surface area contributed by atoms with Crippen LogP contribution in [-0.2, 0) is 14.3 Å². The van der Waals surface area contributed by atoms with Gasteiger partial charge in [-0.25, -0.2) is 4.79 Å². The van der Waals surface area contributed by atoms with E-state index in [1.807, 2.05) is 6.92 Å². The van der Waals surface area contributed by atoms with Crippen LogP contribution < -0.4 is 5.32 Å². The van der Waals surface area contributed by atoms with Crippen LogP contribution >= 0.6 is 12.6 Å². The first-order valence-electron chi connectivity index (χ1n) is 5.77. The Morgan fingerprint density at radius 2 is 2.06 bits per heavy atom. The van der Waals surface area contributed by atoms with E-state index in [9.17, 15) is 14.7 Å². The number of carbonyl (C=O) groups is 2. The number of ether oxygens (including phenoxy) is 1. The van der Waals surface area contributed by atoms with Crippen molar-refractivity contribution in [1.82, 2.24) is 5.32 Å². The molecule has 0 aromatic rings. The molecule has 17 heavy (non-hydrogen) atoms. The number of nitrogens with one attached hydrogen (secondary N) is 1. The second kappa shape index (κ2) is 9.30. The van der Waals surface area contributed by atoms with E-state index in [2.05, 4.69) is 17.9 Å². The molecular weight excluding hydrogens is 242 g/mol.